The van der Waals surface area contributed by atoms with Gasteiger partial charge in [0, 0.05) is 6.54 Å². The van der Waals surface area contributed by atoms with Gasteiger partial charge in [-0.3, -0.25) is 0 Å². The summed E-state index contributed by atoms with van der Waals surface area (Å²) in [6.07, 6.45) is 0.511. The lowest BCUT2D eigenvalue weighted by molar-refractivity contribution is 0.171. The van der Waals surface area contributed by atoms with E-state index >= 15 is 0 Å². The van der Waals surface area contributed by atoms with Crippen LogP contribution in [0.3, 0.4) is 0 Å². The van der Waals surface area contributed by atoms with Gasteiger partial charge in [-0.1, -0.05) is 6.07 Å². The summed E-state index contributed by atoms with van der Waals surface area (Å²) in [6, 6.07) is 10.3. The van der Waals surface area contributed by atoms with Crippen LogP contribution in [0.2, 0.25) is 0 Å². The van der Waals surface area contributed by atoms with Crippen molar-refractivity contribution in [1.82, 2.24) is 4.72 Å². The van der Waals surface area contributed by atoms with Crippen LogP contribution < -0.4 is 14.2 Å². The summed E-state index contributed by atoms with van der Waals surface area (Å²) in [5, 5.41) is 0. The Morgan fingerprint density at radius 3 is 2.43 bits per heavy atom. The van der Waals surface area contributed by atoms with Crippen LogP contribution in [-0.4, -0.2) is 28.2 Å². The quantitative estimate of drug-likeness (QED) is 0.908. The maximum absolute atomic E-state index is 12.8. The SMILES string of the molecule is O=S(=O)(NCCc1ccc2c(c1)OCCO2)c1ccc(F)cc1. The van der Waals surface area contributed by atoms with Crippen LogP contribution in [-0.2, 0) is 16.4 Å². The van der Waals surface area contributed by atoms with E-state index < -0.39 is 15.8 Å². The molecular weight excluding hydrogens is 321 g/mol. The number of hydrogen-bond donors (Lipinski definition) is 1. The van der Waals surface area contributed by atoms with Crippen molar-refractivity contribution in [2.75, 3.05) is 19.8 Å². The van der Waals surface area contributed by atoms with Gasteiger partial charge in [0.15, 0.2) is 11.5 Å². The topological polar surface area (TPSA) is 64.6 Å². The normalized spacial score (nSPS) is 13.8. The Hall–Kier alpha value is -2.12. The van der Waals surface area contributed by atoms with Crippen molar-refractivity contribution < 1.29 is 22.3 Å². The second kappa shape index (κ2) is 6.55. The van der Waals surface area contributed by atoms with E-state index in [0.29, 0.717) is 31.1 Å². The van der Waals surface area contributed by atoms with E-state index in [1.54, 1.807) is 0 Å². The highest BCUT2D eigenvalue weighted by Gasteiger charge is 2.14. The molecule has 0 atom stereocenters. The third-order valence-electron chi connectivity index (χ3n) is 3.44. The summed E-state index contributed by atoms with van der Waals surface area (Å²) in [5.41, 5.74) is 0.941. The van der Waals surface area contributed by atoms with Gasteiger partial charge in [0.2, 0.25) is 10.0 Å². The fourth-order valence-electron chi connectivity index (χ4n) is 2.27. The standard InChI is InChI=1S/C16H16FNO4S/c17-13-2-4-14(5-3-13)23(19,20)18-8-7-12-1-6-15-16(11-12)22-10-9-21-15/h1-6,11,18H,7-10H2. The highest BCUT2D eigenvalue weighted by Crippen LogP contribution is 2.30. The summed E-state index contributed by atoms with van der Waals surface area (Å²) in [6.45, 7) is 1.27. The Morgan fingerprint density at radius 2 is 1.70 bits per heavy atom. The minimum atomic E-state index is -3.64. The maximum atomic E-state index is 12.8. The first-order chi connectivity index (χ1) is 11.0. The van der Waals surface area contributed by atoms with Gasteiger partial charge < -0.3 is 9.47 Å². The van der Waals surface area contributed by atoms with Crippen LogP contribution >= 0.6 is 0 Å². The zero-order valence-corrected chi connectivity index (χ0v) is 13.1. The van der Waals surface area contributed by atoms with Gasteiger partial charge in [-0.05, 0) is 48.4 Å². The van der Waals surface area contributed by atoms with Crippen molar-refractivity contribution >= 4 is 10.0 Å². The number of rotatable bonds is 5. The molecule has 0 fully saturated rings. The molecule has 1 heterocycles. The van der Waals surface area contributed by atoms with E-state index in [4.69, 9.17) is 9.47 Å². The van der Waals surface area contributed by atoms with Gasteiger partial charge >= 0.3 is 0 Å². The van der Waals surface area contributed by atoms with E-state index in [0.717, 1.165) is 17.7 Å². The lowest BCUT2D eigenvalue weighted by Gasteiger charge is -2.18. The van der Waals surface area contributed by atoms with E-state index in [9.17, 15) is 12.8 Å². The minimum absolute atomic E-state index is 0.0427. The first-order valence-electron chi connectivity index (χ1n) is 7.18. The highest BCUT2D eigenvalue weighted by molar-refractivity contribution is 7.89. The molecule has 1 aliphatic heterocycles. The second-order valence-corrected chi connectivity index (χ2v) is 6.85. The molecular formula is C16H16FNO4S. The van der Waals surface area contributed by atoms with Crippen molar-refractivity contribution in [1.29, 1.82) is 0 Å². The molecule has 3 rings (SSSR count). The molecule has 0 saturated carbocycles. The fourth-order valence-corrected chi connectivity index (χ4v) is 3.30. The van der Waals surface area contributed by atoms with Crippen LogP contribution in [0.4, 0.5) is 4.39 Å². The molecule has 0 aromatic heterocycles. The van der Waals surface area contributed by atoms with E-state index in [2.05, 4.69) is 4.72 Å². The molecule has 1 N–H and O–H groups in total. The Labute approximate surface area is 134 Å². The van der Waals surface area contributed by atoms with E-state index in [-0.39, 0.29) is 11.4 Å². The Morgan fingerprint density at radius 1 is 1.00 bits per heavy atom. The first kappa shape index (κ1) is 15.8. The number of fused-ring (bicyclic) bond motifs is 1. The molecule has 0 amide bonds. The lowest BCUT2D eigenvalue weighted by atomic mass is 10.1. The molecule has 2 aromatic carbocycles. The predicted octanol–water partition coefficient (Wildman–Crippen LogP) is 2.12. The molecule has 0 unspecified atom stereocenters. The van der Waals surface area contributed by atoms with Crippen molar-refractivity contribution in [2.24, 2.45) is 0 Å². The van der Waals surface area contributed by atoms with E-state index in [1.807, 2.05) is 18.2 Å². The van der Waals surface area contributed by atoms with Crippen molar-refractivity contribution in [3.63, 3.8) is 0 Å². The molecule has 122 valence electrons. The molecule has 7 heteroatoms. The van der Waals surface area contributed by atoms with Crippen molar-refractivity contribution in [3.05, 3.63) is 53.8 Å². The number of ether oxygens (including phenoxy) is 2. The largest absolute Gasteiger partial charge is 0.486 e. The predicted molar refractivity (Wildman–Crippen MR) is 82.7 cm³/mol. The first-order valence-corrected chi connectivity index (χ1v) is 8.67. The van der Waals surface area contributed by atoms with Gasteiger partial charge in [0.25, 0.3) is 0 Å². The molecule has 0 aliphatic carbocycles. The summed E-state index contributed by atoms with van der Waals surface area (Å²) in [7, 11) is -3.64. The average Bonchev–Trinajstić information content (AvgIpc) is 2.55. The fraction of sp³-hybridized carbons (Fsp3) is 0.250. The zero-order valence-electron chi connectivity index (χ0n) is 12.3. The van der Waals surface area contributed by atoms with E-state index in [1.165, 1.54) is 12.1 Å². The number of hydrogen-bond acceptors (Lipinski definition) is 4. The van der Waals surface area contributed by atoms with Gasteiger partial charge in [-0.25, -0.2) is 17.5 Å². The molecule has 0 spiro atoms. The number of halogens is 1. The monoisotopic (exact) mass is 337 g/mol. The van der Waals surface area contributed by atoms with Crippen LogP contribution in [0.25, 0.3) is 0 Å². The molecule has 0 radical (unpaired) electrons. The Kier molecular flexibility index (Phi) is 4.49. The summed E-state index contributed by atoms with van der Waals surface area (Å²) in [4.78, 5) is 0.0427. The average molecular weight is 337 g/mol. The van der Waals surface area contributed by atoms with Gasteiger partial charge in [0.05, 0.1) is 4.90 Å². The van der Waals surface area contributed by atoms with Gasteiger partial charge in [-0.2, -0.15) is 0 Å². The third kappa shape index (κ3) is 3.80. The minimum Gasteiger partial charge on any atom is -0.486 e. The number of nitrogens with one attached hydrogen (secondary N) is 1. The summed E-state index contributed by atoms with van der Waals surface area (Å²) >= 11 is 0. The van der Waals surface area contributed by atoms with Crippen LogP contribution in [0.5, 0.6) is 11.5 Å². The molecule has 0 saturated heterocycles. The Bertz CT molecular complexity index is 790. The molecule has 0 bridgehead atoms. The lowest BCUT2D eigenvalue weighted by Crippen LogP contribution is -2.26. The Balaban J connectivity index is 1.61. The van der Waals surface area contributed by atoms with Crippen LogP contribution in [0.15, 0.2) is 47.4 Å². The van der Waals surface area contributed by atoms with Crippen LogP contribution in [0.1, 0.15) is 5.56 Å². The molecule has 23 heavy (non-hydrogen) atoms. The second-order valence-electron chi connectivity index (χ2n) is 5.08. The van der Waals surface area contributed by atoms with Crippen LogP contribution in [0, 0.1) is 5.82 Å². The maximum Gasteiger partial charge on any atom is 0.240 e. The summed E-state index contributed by atoms with van der Waals surface area (Å²) < 4.78 is 50.5. The number of sulfonamides is 1. The van der Waals surface area contributed by atoms with Crippen molar-refractivity contribution in [2.45, 2.75) is 11.3 Å². The van der Waals surface area contributed by atoms with Gasteiger partial charge in [-0.15, -0.1) is 0 Å². The third-order valence-corrected chi connectivity index (χ3v) is 4.91. The highest BCUT2D eigenvalue weighted by atomic mass is 32.2. The van der Waals surface area contributed by atoms with Gasteiger partial charge in [0.1, 0.15) is 19.0 Å². The van der Waals surface area contributed by atoms with Crippen molar-refractivity contribution in [3.8, 4) is 11.5 Å². The number of benzene rings is 2. The molecule has 2 aromatic rings. The smallest absolute Gasteiger partial charge is 0.240 e. The zero-order chi connectivity index (χ0) is 16.3. The summed E-state index contributed by atoms with van der Waals surface area (Å²) in [5.74, 6) is 0.905. The molecule has 1 aliphatic rings. The molecule has 5 nitrogen and oxygen atoms in total.